The van der Waals surface area contributed by atoms with E-state index in [1.807, 2.05) is 0 Å². The lowest BCUT2D eigenvalue weighted by molar-refractivity contribution is 0.309. The Morgan fingerprint density at radius 1 is 1.06 bits per heavy atom. The van der Waals surface area contributed by atoms with Gasteiger partial charge in [0.15, 0.2) is 16.9 Å². The maximum Gasteiger partial charge on any atom is 0.195 e. The minimum absolute atomic E-state index is 0.0135. The molecule has 0 fully saturated rings. The predicted octanol–water partition coefficient (Wildman–Crippen LogP) is 3.88. The first-order valence-electron chi connectivity index (χ1n) is 10.8. The predicted molar refractivity (Wildman–Crippen MR) is 123 cm³/mol. The van der Waals surface area contributed by atoms with E-state index in [0.717, 1.165) is 63.2 Å². The molecule has 0 atom stereocenters. The first-order valence-corrected chi connectivity index (χ1v) is 10.8. The van der Waals surface area contributed by atoms with Crippen molar-refractivity contribution in [2.75, 3.05) is 41.0 Å². The second-order valence-electron chi connectivity index (χ2n) is 7.49. The fraction of sp³-hybridized carbons (Fsp3) is 0.500. The SMILES string of the molecule is COC1=CCCCC1=NCCNCCCCc1coc2cc(OC)c(OC)cc2c1=O. The lowest BCUT2D eigenvalue weighted by atomic mass is 10.0. The molecule has 1 aromatic carbocycles. The molecule has 0 amide bonds. The zero-order chi connectivity index (χ0) is 22.1. The molecule has 7 heteroatoms. The lowest BCUT2D eigenvalue weighted by Crippen LogP contribution is -2.20. The molecular formula is C24H32N2O5. The first kappa shape index (κ1) is 22.9. The molecule has 3 rings (SSSR count). The van der Waals surface area contributed by atoms with Crippen molar-refractivity contribution >= 4 is 16.7 Å². The van der Waals surface area contributed by atoms with Gasteiger partial charge in [-0.15, -0.1) is 0 Å². The Morgan fingerprint density at radius 2 is 1.87 bits per heavy atom. The molecular weight excluding hydrogens is 396 g/mol. The fourth-order valence-corrected chi connectivity index (χ4v) is 3.73. The van der Waals surface area contributed by atoms with Gasteiger partial charge in [0, 0.05) is 18.2 Å². The Morgan fingerprint density at radius 3 is 2.65 bits per heavy atom. The summed E-state index contributed by atoms with van der Waals surface area (Å²) in [5, 5.41) is 3.93. The number of nitrogens with one attached hydrogen (secondary N) is 1. The molecule has 168 valence electrons. The van der Waals surface area contributed by atoms with E-state index < -0.39 is 0 Å². The van der Waals surface area contributed by atoms with Crippen molar-refractivity contribution < 1.29 is 18.6 Å². The highest BCUT2D eigenvalue weighted by Crippen LogP contribution is 2.31. The van der Waals surface area contributed by atoms with E-state index in [4.69, 9.17) is 18.6 Å². The number of allylic oxidation sites excluding steroid dienone is 2. The Kier molecular flexibility index (Phi) is 8.53. The second-order valence-corrected chi connectivity index (χ2v) is 7.49. The monoisotopic (exact) mass is 428 g/mol. The zero-order valence-electron chi connectivity index (χ0n) is 18.7. The molecule has 1 aliphatic carbocycles. The number of hydrogen-bond acceptors (Lipinski definition) is 7. The van der Waals surface area contributed by atoms with Crippen LogP contribution in [0.3, 0.4) is 0 Å². The molecule has 7 nitrogen and oxygen atoms in total. The van der Waals surface area contributed by atoms with Crippen LogP contribution in [0.1, 0.15) is 37.7 Å². The number of unbranched alkanes of at least 4 members (excludes halogenated alkanes) is 1. The van der Waals surface area contributed by atoms with Crippen LogP contribution in [-0.4, -0.2) is 46.7 Å². The quantitative estimate of drug-likeness (QED) is 0.547. The summed E-state index contributed by atoms with van der Waals surface area (Å²) in [7, 11) is 4.81. The van der Waals surface area contributed by atoms with Crippen LogP contribution in [-0.2, 0) is 11.2 Å². The molecule has 1 heterocycles. The van der Waals surface area contributed by atoms with Crippen LogP contribution in [0.25, 0.3) is 11.0 Å². The summed E-state index contributed by atoms with van der Waals surface area (Å²) in [6.45, 7) is 2.47. The average Bonchev–Trinajstić information content (AvgIpc) is 2.81. The van der Waals surface area contributed by atoms with Crippen molar-refractivity contribution in [3.8, 4) is 11.5 Å². The summed E-state index contributed by atoms with van der Waals surface area (Å²) in [6, 6.07) is 3.37. The van der Waals surface area contributed by atoms with Crippen molar-refractivity contribution in [3.05, 3.63) is 46.0 Å². The Labute approximate surface area is 183 Å². The van der Waals surface area contributed by atoms with Crippen molar-refractivity contribution in [3.63, 3.8) is 0 Å². The van der Waals surface area contributed by atoms with E-state index in [1.165, 1.54) is 0 Å². The van der Waals surface area contributed by atoms with Gasteiger partial charge in [0.1, 0.15) is 11.3 Å². The number of fused-ring (bicyclic) bond motifs is 1. The number of hydrogen-bond donors (Lipinski definition) is 1. The summed E-state index contributed by atoms with van der Waals surface area (Å²) in [4.78, 5) is 17.5. The summed E-state index contributed by atoms with van der Waals surface area (Å²) in [5.74, 6) is 1.99. The number of ether oxygens (including phenoxy) is 3. The van der Waals surface area contributed by atoms with Crippen LogP contribution < -0.4 is 20.2 Å². The zero-order valence-corrected chi connectivity index (χ0v) is 18.7. The van der Waals surface area contributed by atoms with Gasteiger partial charge in [-0.2, -0.15) is 0 Å². The van der Waals surface area contributed by atoms with Crippen molar-refractivity contribution in [2.24, 2.45) is 4.99 Å². The van der Waals surface area contributed by atoms with E-state index in [9.17, 15) is 4.79 Å². The van der Waals surface area contributed by atoms with Gasteiger partial charge in [-0.1, -0.05) is 0 Å². The number of methoxy groups -OCH3 is 3. The molecule has 0 saturated heterocycles. The van der Waals surface area contributed by atoms with Gasteiger partial charge < -0.3 is 23.9 Å². The lowest BCUT2D eigenvalue weighted by Gasteiger charge is -2.14. The van der Waals surface area contributed by atoms with Crippen LogP contribution in [0, 0.1) is 0 Å². The molecule has 0 unspecified atom stereocenters. The summed E-state index contributed by atoms with van der Waals surface area (Å²) < 4.78 is 21.6. The smallest absolute Gasteiger partial charge is 0.195 e. The third-order valence-corrected chi connectivity index (χ3v) is 5.44. The van der Waals surface area contributed by atoms with Gasteiger partial charge in [0.05, 0.1) is 45.2 Å². The Bertz CT molecular complexity index is 993. The molecule has 31 heavy (non-hydrogen) atoms. The fourth-order valence-electron chi connectivity index (χ4n) is 3.73. The average molecular weight is 429 g/mol. The molecule has 0 saturated carbocycles. The number of aliphatic imine (C=N–C) groups is 1. The van der Waals surface area contributed by atoms with Crippen molar-refractivity contribution in [1.29, 1.82) is 0 Å². The first-order chi connectivity index (χ1) is 15.2. The molecule has 0 radical (unpaired) electrons. The molecule has 1 aliphatic rings. The van der Waals surface area contributed by atoms with E-state index >= 15 is 0 Å². The van der Waals surface area contributed by atoms with Gasteiger partial charge in [-0.05, 0) is 57.2 Å². The second kappa shape index (κ2) is 11.6. The molecule has 1 N–H and O–H groups in total. The summed E-state index contributed by atoms with van der Waals surface area (Å²) in [5.41, 5.74) is 2.25. The van der Waals surface area contributed by atoms with Gasteiger partial charge >= 0.3 is 0 Å². The topological polar surface area (TPSA) is 82.3 Å². The van der Waals surface area contributed by atoms with Crippen LogP contribution in [0.2, 0.25) is 0 Å². The van der Waals surface area contributed by atoms with Gasteiger partial charge in [-0.3, -0.25) is 9.79 Å². The van der Waals surface area contributed by atoms with Gasteiger partial charge in [0.25, 0.3) is 0 Å². The molecule has 0 bridgehead atoms. The van der Waals surface area contributed by atoms with E-state index in [0.29, 0.717) is 34.5 Å². The summed E-state index contributed by atoms with van der Waals surface area (Å²) in [6.07, 6.45) is 9.44. The molecule has 2 aromatic rings. The molecule has 1 aromatic heterocycles. The maximum absolute atomic E-state index is 12.8. The Hall–Kier alpha value is -2.80. The minimum atomic E-state index is -0.0135. The van der Waals surface area contributed by atoms with Crippen molar-refractivity contribution in [1.82, 2.24) is 5.32 Å². The maximum atomic E-state index is 12.8. The van der Waals surface area contributed by atoms with E-state index in [-0.39, 0.29) is 5.43 Å². The van der Waals surface area contributed by atoms with Crippen LogP contribution in [0.15, 0.2) is 44.4 Å². The number of benzene rings is 1. The highest BCUT2D eigenvalue weighted by Gasteiger charge is 2.13. The third kappa shape index (κ3) is 5.88. The largest absolute Gasteiger partial charge is 0.495 e. The third-order valence-electron chi connectivity index (χ3n) is 5.44. The number of aryl methyl sites for hydroxylation is 1. The number of nitrogens with zero attached hydrogens (tertiary/aromatic N) is 1. The highest BCUT2D eigenvalue weighted by molar-refractivity contribution is 5.99. The molecule has 0 spiro atoms. The summed E-state index contributed by atoms with van der Waals surface area (Å²) >= 11 is 0. The minimum Gasteiger partial charge on any atom is -0.495 e. The van der Waals surface area contributed by atoms with Crippen molar-refractivity contribution in [2.45, 2.75) is 38.5 Å². The van der Waals surface area contributed by atoms with Crippen LogP contribution in [0.4, 0.5) is 0 Å². The van der Waals surface area contributed by atoms with Crippen LogP contribution in [0.5, 0.6) is 11.5 Å². The Balaban J connectivity index is 1.44. The highest BCUT2D eigenvalue weighted by atomic mass is 16.5. The van der Waals surface area contributed by atoms with E-state index in [1.54, 1.807) is 39.7 Å². The number of rotatable bonds is 11. The van der Waals surface area contributed by atoms with Gasteiger partial charge in [-0.25, -0.2) is 0 Å². The standard InChI is InChI=1S/C24H32N2O5/c1-28-20-10-5-4-9-19(20)26-13-12-25-11-7-6-8-17-16-31-21-15-23(30-3)22(29-2)14-18(21)24(17)27/h10,14-16,25H,4-9,11-13H2,1-3H3. The van der Waals surface area contributed by atoms with E-state index in [2.05, 4.69) is 16.4 Å². The van der Waals surface area contributed by atoms with Gasteiger partial charge in [0.2, 0.25) is 0 Å². The molecule has 0 aliphatic heterocycles. The normalized spacial score (nSPS) is 15.2. The van der Waals surface area contributed by atoms with Crippen LogP contribution >= 0.6 is 0 Å².